The molecular formula is C11H12FN3. The first kappa shape index (κ1) is 9.71. The summed E-state index contributed by atoms with van der Waals surface area (Å²) in [5.74, 6) is 0.345. The lowest BCUT2D eigenvalue weighted by Crippen LogP contribution is -1.97. The summed E-state index contributed by atoms with van der Waals surface area (Å²) in [5, 5.41) is 4.21. The Labute approximate surface area is 87.3 Å². The summed E-state index contributed by atoms with van der Waals surface area (Å²) in [6.07, 6.45) is 0. The van der Waals surface area contributed by atoms with Crippen LogP contribution in [0.4, 0.5) is 10.2 Å². The molecule has 1 heterocycles. The molecule has 0 bridgehead atoms. The van der Waals surface area contributed by atoms with Crippen LogP contribution in [0.3, 0.4) is 0 Å². The van der Waals surface area contributed by atoms with Crippen molar-refractivity contribution in [2.75, 3.05) is 5.73 Å². The third-order valence-electron chi connectivity index (χ3n) is 2.40. The first-order chi connectivity index (χ1) is 7.09. The predicted octanol–water partition coefficient (Wildman–Crippen LogP) is 2.12. The number of hydrogen-bond donors (Lipinski definition) is 1. The monoisotopic (exact) mass is 205 g/mol. The number of nitrogens with zero attached hydrogens (tertiary/aromatic N) is 2. The van der Waals surface area contributed by atoms with Crippen LogP contribution in [0.5, 0.6) is 0 Å². The largest absolute Gasteiger partial charge is 0.383 e. The van der Waals surface area contributed by atoms with E-state index in [1.54, 1.807) is 23.9 Å². The van der Waals surface area contributed by atoms with Crippen molar-refractivity contribution in [2.24, 2.45) is 7.05 Å². The topological polar surface area (TPSA) is 43.8 Å². The van der Waals surface area contributed by atoms with Gasteiger partial charge >= 0.3 is 0 Å². The van der Waals surface area contributed by atoms with Gasteiger partial charge in [0.2, 0.25) is 0 Å². The zero-order valence-electron chi connectivity index (χ0n) is 8.66. The van der Waals surface area contributed by atoms with E-state index >= 15 is 0 Å². The van der Waals surface area contributed by atoms with Crippen molar-refractivity contribution >= 4 is 5.82 Å². The summed E-state index contributed by atoms with van der Waals surface area (Å²) < 4.78 is 14.4. The van der Waals surface area contributed by atoms with Crippen molar-refractivity contribution < 1.29 is 4.39 Å². The maximum Gasteiger partial charge on any atom is 0.129 e. The van der Waals surface area contributed by atoms with Gasteiger partial charge in [0.05, 0.1) is 5.69 Å². The Hall–Kier alpha value is -1.84. The van der Waals surface area contributed by atoms with Crippen LogP contribution < -0.4 is 5.73 Å². The molecule has 0 fully saturated rings. The van der Waals surface area contributed by atoms with E-state index < -0.39 is 0 Å². The summed E-state index contributed by atoms with van der Waals surface area (Å²) >= 11 is 0. The summed E-state index contributed by atoms with van der Waals surface area (Å²) in [4.78, 5) is 0. The molecule has 0 saturated carbocycles. The van der Waals surface area contributed by atoms with Crippen LogP contribution in [0, 0.1) is 12.7 Å². The van der Waals surface area contributed by atoms with Crippen LogP contribution in [0.1, 0.15) is 5.69 Å². The Morgan fingerprint density at radius 2 is 1.87 bits per heavy atom. The molecule has 0 aliphatic heterocycles. The van der Waals surface area contributed by atoms with E-state index in [9.17, 15) is 4.39 Å². The standard InChI is InChI=1S/C11H12FN3/c1-7-10(11(13)15(2)14-7)8-3-5-9(12)6-4-8/h3-6H,13H2,1-2H3. The average Bonchev–Trinajstić information content (AvgIpc) is 2.44. The van der Waals surface area contributed by atoms with E-state index in [-0.39, 0.29) is 5.82 Å². The first-order valence-electron chi connectivity index (χ1n) is 4.64. The molecule has 0 unspecified atom stereocenters. The minimum absolute atomic E-state index is 0.251. The highest BCUT2D eigenvalue weighted by atomic mass is 19.1. The summed E-state index contributed by atoms with van der Waals surface area (Å²) in [5.41, 5.74) is 8.49. The summed E-state index contributed by atoms with van der Waals surface area (Å²) in [7, 11) is 1.79. The molecule has 0 saturated heterocycles. The molecule has 1 aromatic heterocycles. The Morgan fingerprint density at radius 3 is 2.33 bits per heavy atom. The molecule has 2 aromatic rings. The maximum atomic E-state index is 12.8. The quantitative estimate of drug-likeness (QED) is 0.774. The number of nitrogens with two attached hydrogens (primary N) is 1. The number of aryl methyl sites for hydroxylation is 2. The van der Waals surface area contributed by atoms with Gasteiger partial charge in [-0.15, -0.1) is 0 Å². The van der Waals surface area contributed by atoms with E-state index in [1.165, 1.54) is 12.1 Å². The van der Waals surface area contributed by atoms with Crippen molar-refractivity contribution in [1.82, 2.24) is 9.78 Å². The van der Waals surface area contributed by atoms with Crippen molar-refractivity contribution in [1.29, 1.82) is 0 Å². The third-order valence-corrected chi connectivity index (χ3v) is 2.40. The van der Waals surface area contributed by atoms with Gasteiger partial charge < -0.3 is 5.73 Å². The first-order valence-corrected chi connectivity index (χ1v) is 4.64. The molecule has 3 nitrogen and oxygen atoms in total. The second-order valence-electron chi connectivity index (χ2n) is 3.48. The lowest BCUT2D eigenvalue weighted by Gasteiger charge is -2.01. The molecule has 4 heteroatoms. The van der Waals surface area contributed by atoms with Crippen LogP contribution in [0.25, 0.3) is 11.1 Å². The molecular weight excluding hydrogens is 193 g/mol. The molecule has 2 N–H and O–H groups in total. The Balaban J connectivity index is 2.58. The molecule has 0 aliphatic carbocycles. The molecule has 0 amide bonds. The van der Waals surface area contributed by atoms with Gasteiger partial charge in [0, 0.05) is 12.6 Å². The molecule has 0 aliphatic rings. The number of halogens is 1. The van der Waals surface area contributed by atoms with Crippen molar-refractivity contribution in [3.05, 3.63) is 35.8 Å². The van der Waals surface area contributed by atoms with Crippen molar-refractivity contribution in [3.8, 4) is 11.1 Å². The number of nitrogen functional groups attached to an aromatic ring is 1. The normalized spacial score (nSPS) is 10.6. The van der Waals surface area contributed by atoms with Gasteiger partial charge in [-0.3, -0.25) is 4.68 Å². The average molecular weight is 205 g/mol. The summed E-state index contributed by atoms with van der Waals surface area (Å²) in [6.45, 7) is 1.88. The zero-order valence-corrected chi connectivity index (χ0v) is 8.66. The Morgan fingerprint density at radius 1 is 1.27 bits per heavy atom. The summed E-state index contributed by atoms with van der Waals surface area (Å²) in [6, 6.07) is 6.24. The van der Waals surface area contributed by atoms with Crippen LogP contribution >= 0.6 is 0 Å². The van der Waals surface area contributed by atoms with Gasteiger partial charge in [0.15, 0.2) is 0 Å². The van der Waals surface area contributed by atoms with Gasteiger partial charge in [0.25, 0.3) is 0 Å². The van der Waals surface area contributed by atoms with E-state index in [0.29, 0.717) is 5.82 Å². The Kier molecular flexibility index (Phi) is 2.19. The number of aromatic nitrogens is 2. The third kappa shape index (κ3) is 1.58. The number of rotatable bonds is 1. The fraction of sp³-hybridized carbons (Fsp3) is 0.182. The predicted molar refractivity (Wildman–Crippen MR) is 57.8 cm³/mol. The number of hydrogen-bond acceptors (Lipinski definition) is 2. The van der Waals surface area contributed by atoms with E-state index in [2.05, 4.69) is 5.10 Å². The zero-order chi connectivity index (χ0) is 11.0. The molecule has 15 heavy (non-hydrogen) atoms. The van der Waals surface area contributed by atoms with Crippen LogP contribution in [0.15, 0.2) is 24.3 Å². The Bertz CT molecular complexity index is 485. The van der Waals surface area contributed by atoms with E-state index in [1.807, 2.05) is 6.92 Å². The highest BCUT2D eigenvalue weighted by Crippen LogP contribution is 2.28. The molecule has 0 atom stereocenters. The molecule has 1 aromatic carbocycles. The highest BCUT2D eigenvalue weighted by molar-refractivity contribution is 5.76. The van der Waals surface area contributed by atoms with Gasteiger partial charge in [-0.2, -0.15) is 5.10 Å². The van der Waals surface area contributed by atoms with Crippen LogP contribution in [0.2, 0.25) is 0 Å². The van der Waals surface area contributed by atoms with Gasteiger partial charge in [0.1, 0.15) is 11.6 Å². The second kappa shape index (κ2) is 3.38. The molecule has 0 spiro atoms. The van der Waals surface area contributed by atoms with Crippen LogP contribution in [-0.4, -0.2) is 9.78 Å². The highest BCUT2D eigenvalue weighted by Gasteiger charge is 2.11. The second-order valence-corrected chi connectivity index (χ2v) is 3.48. The SMILES string of the molecule is Cc1nn(C)c(N)c1-c1ccc(F)cc1. The van der Waals surface area contributed by atoms with E-state index in [4.69, 9.17) is 5.73 Å². The van der Waals surface area contributed by atoms with E-state index in [0.717, 1.165) is 16.8 Å². The van der Waals surface area contributed by atoms with Gasteiger partial charge in [-0.1, -0.05) is 12.1 Å². The lowest BCUT2D eigenvalue weighted by atomic mass is 10.1. The van der Waals surface area contributed by atoms with Crippen LogP contribution in [-0.2, 0) is 7.05 Å². The van der Waals surface area contributed by atoms with Crippen molar-refractivity contribution in [2.45, 2.75) is 6.92 Å². The molecule has 0 radical (unpaired) electrons. The van der Waals surface area contributed by atoms with Gasteiger partial charge in [-0.05, 0) is 24.6 Å². The fourth-order valence-corrected chi connectivity index (χ4v) is 1.65. The minimum atomic E-state index is -0.251. The maximum absolute atomic E-state index is 12.8. The fourth-order valence-electron chi connectivity index (χ4n) is 1.65. The number of anilines is 1. The van der Waals surface area contributed by atoms with Crippen molar-refractivity contribution in [3.63, 3.8) is 0 Å². The molecule has 78 valence electrons. The smallest absolute Gasteiger partial charge is 0.129 e. The molecule has 2 rings (SSSR count). The minimum Gasteiger partial charge on any atom is -0.383 e. The lowest BCUT2D eigenvalue weighted by molar-refractivity contribution is 0.628. The number of benzene rings is 1. The van der Waals surface area contributed by atoms with Gasteiger partial charge in [-0.25, -0.2) is 4.39 Å².